The first-order valence-corrected chi connectivity index (χ1v) is 9.21. The molecule has 1 heterocycles. The van der Waals surface area contributed by atoms with Gasteiger partial charge in [-0.05, 0) is 12.1 Å². The zero-order chi connectivity index (χ0) is 17.2. The lowest BCUT2D eigenvalue weighted by molar-refractivity contribution is -0.131. The van der Waals surface area contributed by atoms with Crippen molar-refractivity contribution in [3.05, 3.63) is 35.0 Å². The van der Waals surface area contributed by atoms with Gasteiger partial charge in [0.05, 0.1) is 16.8 Å². The highest BCUT2D eigenvalue weighted by atomic mass is 35.5. The largest absolute Gasteiger partial charge is 0.425 e. The number of amides is 1. The Labute approximate surface area is 141 Å². The van der Waals surface area contributed by atoms with Crippen molar-refractivity contribution >= 4 is 49.8 Å². The first-order chi connectivity index (χ1) is 10.7. The lowest BCUT2D eigenvalue weighted by Gasteiger charge is -2.08. The molecule has 0 saturated heterocycles. The second kappa shape index (κ2) is 6.65. The average molecular weight is 375 g/mol. The summed E-state index contributed by atoms with van der Waals surface area (Å²) in [6, 6.07) is 4.39. The number of hydrogen-bond acceptors (Lipinski definition) is 7. The van der Waals surface area contributed by atoms with Crippen LogP contribution in [0.1, 0.15) is 17.3 Å². The fraction of sp³-hybridized carbons (Fsp3) is 0.154. The highest BCUT2D eigenvalue weighted by Crippen LogP contribution is 2.29. The van der Waals surface area contributed by atoms with Crippen LogP contribution in [0.3, 0.4) is 0 Å². The number of nitrogens with zero attached hydrogens (tertiary/aromatic N) is 1. The Morgan fingerprint density at radius 2 is 2.04 bits per heavy atom. The lowest BCUT2D eigenvalue weighted by atomic mass is 10.2. The number of rotatable bonds is 4. The maximum Gasteiger partial charge on any atom is 0.308 e. The van der Waals surface area contributed by atoms with E-state index in [2.05, 4.69) is 10.3 Å². The molecule has 10 heteroatoms. The van der Waals surface area contributed by atoms with Crippen LogP contribution in [0.2, 0.25) is 5.02 Å². The zero-order valence-corrected chi connectivity index (χ0v) is 14.4. The maximum absolute atomic E-state index is 12.2. The molecule has 0 saturated carbocycles. The summed E-state index contributed by atoms with van der Waals surface area (Å²) in [7, 11) is -3.39. The van der Waals surface area contributed by atoms with Gasteiger partial charge in [-0.1, -0.05) is 29.0 Å². The number of carbonyl (C=O) groups excluding carboxylic acids is 2. The fourth-order valence-corrected chi connectivity index (χ4v) is 3.45. The van der Waals surface area contributed by atoms with Crippen LogP contribution in [-0.4, -0.2) is 31.5 Å². The number of halogens is 1. The summed E-state index contributed by atoms with van der Waals surface area (Å²) in [5, 5.41) is 2.54. The molecule has 0 aliphatic carbocycles. The molecular weight excluding hydrogens is 364 g/mol. The summed E-state index contributed by atoms with van der Waals surface area (Å²) in [4.78, 5) is 27.0. The van der Waals surface area contributed by atoms with Crippen LogP contribution in [0.15, 0.2) is 28.6 Å². The van der Waals surface area contributed by atoms with Crippen LogP contribution in [0, 0.1) is 0 Å². The van der Waals surface area contributed by atoms with E-state index in [1.807, 2.05) is 0 Å². The minimum absolute atomic E-state index is 0.0277. The fourth-order valence-electron chi connectivity index (χ4n) is 1.57. The summed E-state index contributed by atoms with van der Waals surface area (Å²) in [5.41, 5.74) is 0.0709. The highest BCUT2D eigenvalue weighted by molar-refractivity contribution is 7.92. The molecule has 0 unspecified atom stereocenters. The monoisotopic (exact) mass is 374 g/mol. The molecule has 122 valence electrons. The van der Waals surface area contributed by atoms with Crippen molar-refractivity contribution in [3.8, 4) is 5.75 Å². The minimum Gasteiger partial charge on any atom is -0.425 e. The summed E-state index contributed by atoms with van der Waals surface area (Å²) >= 11 is 6.86. The van der Waals surface area contributed by atoms with E-state index in [1.165, 1.54) is 25.1 Å². The third kappa shape index (κ3) is 4.27. The average Bonchev–Trinajstić information content (AvgIpc) is 2.89. The van der Waals surface area contributed by atoms with Crippen molar-refractivity contribution in [1.82, 2.24) is 4.98 Å². The number of anilines is 1. The molecule has 0 atom stereocenters. The van der Waals surface area contributed by atoms with Gasteiger partial charge >= 0.3 is 5.97 Å². The predicted octanol–water partition coefficient (Wildman–Crippen LogP) is 2.38. The summed E-state index contributed by atoms with van der Waals surface area (Å²) in [5.74, 6) is -1.11. The second-order valence-corrected chi connectivity index (χ2v) is 8.07. The van der Waals surface area contributed by atoms with E-state index in [4.69, 9.17) is 16.3 Å². The van der Waals surface area contributed by atoms with Crippen LogP contribution in [0.5, 0.6) is 5.75 Å². The number of carbonyl (C=O) groups is 2. The van der Waals surface area contributed by atoms with Crippen molar-refractivity contribution in [2.75, 3.05) is 11.6 Å². The number of sulfone groups is 1. The van der Waals surface area contributed by atoms with Crippen LogP contribution >= 0.6 is 22.9 Å². The Kier molecular flexibility index (Phi) is 5.03. The number of aromatic nitrogens is 1. The highest BCUT2D eigenvalue weighted by Gasteiger charge is 2.18. The molecular formula is C13H11ClN2O5S2. The molecule has 23 heavy (non-hydrogen) atoms. The number of esters is 1. The van der Waals surface area contributed by atoms with E-state index >= 15 is 0 Å². The van der Waals surface area contributed by atoms with Gasteiger partial charge in [-0.2, -0.15) is 0 Å². The van der Waals surface area contributed by atoms with E-state index < -0.39 is 21.7 Å². The number of thiazole rings is 1. The van der Waals surface area contributed by atoms with Gasteiger partial charge in [0, 0.05) is 13.2 Å². The third-order valence-electron chi connectivity index (χ3n) is 2.53. The Balaban J connectivity index is 2.24. The van der Waals surface area contributed by atoms with Crippen molar-refractivity contribution in [1.29, 1.82) is 0 Å². The molecule has 0 aliphatic rings. The summed E-state index contributed by atoms with van der Waals surface area (Å²) < 4.78 is 27.7. The Bertz CT molecular complexity index is 876. The normalized spacial score (nSPS) is 11.1. The lowest BCUT2D eigenvalue weighted by Crippen LogP contribution is -2.13. The molecule has 1 N–H and O–H groups in total. The molecule has 0 spiro atoms. The van der Waals surface area contributed by atoms with Crippen molar-refractivity contribution in [2.45, 2.75) is 11.1 Å². The van der Waals surface area contributed by atoms with E-state index in [0.717, 1.165) is 23.8 Å². The smallest absolute Gasteiger partial charge is 0.308 e. The first kappa shape index (κ1) is 17.4. The molecule has 0 fully saturated rings. The van der Waals surface area contributed by atoms with E-state index in [1.54, 1.807) is 0 Å². The Morgan fingerprint density at radius 1 is 1.35 bits per heavy atom. The first-order valence-electron chi connectivity index (χ1n) is 6.12. The van der Waals surface area contributed by atoms with Gasteiger partial charge in [-0.15, -0.1) is 0 Å². The van der Waals surface area contributed by atoms with Crippen LogP contribution < -0.4 is 10.1 Å². The van der Waals surface area contributed by atoms with E-state index in [0.29, 0.717) is 0 Å². The van der Waals surface area contributed by atoms with E-state index in [-0.39, 0.29) is 25.7 Å². The number of benzene rings is 1. The van der Waals surface area contributed by atoms with Gasteiger partial charge in [0.2, 0.25) is 0 Å². The Hall–Kier alpha value is -1.97. The topological polar surface area (TPSA) is 102 Å². The molecule has 2 rings (SSSR count). The molecule has 0 aliphatic heterocycles. The van der Waals surface area contributed by atoms with Crippen molar-refractivity contribution in [3.63, 3.8) is 0 Å². The number of nitrogens with one attached hydrogen (secondary N) is 1. The minimum atomic E-state index is -3.39. The van der Waals surface area contributed by atoms with Crippen LogP contribution in [0.4, 0.5) is 5.13 Å². The van der Waals surface area contributed by atoms with Gasteiger partial charge < -0.3 is 4.74 Å². The predicted molar refractivity (Wildman–Crippen MR) is 85.9 cm³/mol. The third-order valence-corrected chi connectivity index (χ3v) is 5.62. The van der Waals surface area contributed by atoms with Gasteiger partial charge in [0.25, 0.3) is 5.91 Å². The molecule has 2 aromatic rings. The zero-order valence-electron chi connectivity index (χ0n) is 12.0. The molecule has 7 nitrogen and oxygen atoms in total. The molecule has 1 aromatic carbocycles. The molecule has 0 bridgehead atoms. The maximum atomic E-state index is 12.2. The van der Waals surface area contributed by atoms with Crippen molar-refractivity contribution in [2.24, 2.45) is 0 Å². The van der Waals surface area contributed by atoms with E-state index in [9.17, 15) is 18.0 Å². The summed E-state index contributed by atoms with van der Waals surface area (Å²) in [6.45, 7) is 1.21. The number of hydrogen-bond donors (Lipinski definition) is 1. The Morgan fingerprint density at radius 3 is 2.61 bits per heavy atom. The van der Waals surface area contributed by atoms with Gasteiger partial charge in [0.15, 0.2) is 15.0 Å². The van der Waals surface area contributed by atoms with Gasteiger partial charge in [-0.3, -0.25) is 14.9 Å². The summed E-state index contributed by atoms with van der Waals surface area (Å²) in [6.07, 6.45) is 2.21. The van der Waals surface area contributed by atoms with Gasteiger partial charge in [-0.25, -0.2) is 13.4 Å². The SMILES string of the molecule is CC(=O)Oc1cccc(C(=O)Nc2ncc(S(C)(=O)=O)s2)c1Cl. The van der Waals surface area contributed by atoms with Crippen molar-refractivity contribution < 1.29 is 22.7 Å². The second-order valence-electron chi connectivity index (χ2n) is 4.42. The van der Waals surface area contributed by atoms with Crippen LogP contribution in [0.25, 0.3) is 0 Å². The molecule has 1 amide bonds. The standard InChI is InChI=1S/C13H11ClN2O5S2/c1-7(17)21-9-5-3-4-8(11(9)14)12(18)16-13-15-6-10(22-13)23(2,19)20/h3-6H,1-2H3,(H,15,16,18). The van der Waals surface area contributed by atoms with Gasteiger partial charge in [0.1, 0.15) is 9.96 Å². The quantitative estimate of drug-likeness (QED) is 0.651. The van der Waals surface area contributed by atoms with Crippen LogP contribution in [-0.2, 0) is 14.6 Å². The molecule has 0 radical (unpaired) electrons. The number of ether oxygens (including phenoxy) is 1. The molecule has 1 aromatic heterocycles.